The number of methoxy groups -OCH3 is 1. The minimum Gasteiger partial charge on any atom is -0.497 e. The lowest BCUT2D eigenvalue weighted by molar-refractivity contribution is -0.120. The highest BCUT2D eigenvalue weighted by molar-refractivity contribution is 7.09. The van der Waals surface area contributed by atoms with Crippen LogP contribution < -0.4 is 14.4 Å². The maximum absolute atomic E-state index is 12.9. The van der Waals surface area contributed by atoms with E-state index in [4.69, 9.17) is 14.7 Å². The van der Waals surface area contributed by atoms with E-state index in [1.54, 1.807) is 47.6 Å². The van der Waals surface area contributed by atoms with Crippen LogP contribution in [0.2, 0.25) is 0 Å². The van der Waals surface area contributed by atoms with Crippen molar-refractivity contribution in [2.75, 3.05) is 18.6 Å². The molecule has 136 valence electrons. The Labute approximate surface area is 162 Å². The number of rotatable bonds is 7. The highest BCUT2D eigenvalue weighted by Gasteiger charge is 2.18. The third-order valence-electron chi connectivity index (χ3n) is 3.90. The van der Waals surface area contributed by atoms with Crippen LogP contribution in [-0.4, -0.2) is 19.6 Å². The van der Waals surface area contributed by atoms with Gasteiger partial charge in [0.1, 0.15) is 11.5 Å². The molecule has 1 aromatic heterocycles. The van der Waals surface area contributed by atoms with E-state index in [0.29, 0.717) is 17.9 Å². The zero-order valence-corrected chi connectivity index (χ0v) is 15.6. The van der Waals surface area contributed by atoms with Crippen molar-refractivity contribution in [1.29, 1.82) is 5.26 Å². The van der Waals surface area contributed by atoms with Gasteiger partial charge < -0.3 is 14.4 Å². The fourth-order valence-electron chi connectivity index (χ4n) is 2.52. The molecule has 0 saturated carbocycles. The maximum atomic E-state index is 12.9. The summed E-state index contributed by atoms with van der Waals surface area (Å²) >= 11 is 1.59. The fraction of sp³-hybridized carbons (Fsp3) is 0.143. The minimum absolute atomic E-state index is 0.119. The lowest BCUT2D eigenvalue weighted by atomic mass is 10.2. The molecule has 0 aliphatic carbocycles. The van der Waals surface area contributed by atoms with Gasteiger partial charge in [-0.15, -0.1) is 11.3 Å². The van der Waals surface area contributed by atoms with E-state index in [-0.39, 0.29) is 12.5 Å². The van der Waals surface area contributed by atoms with Crippen LogP contribution in [-0.2, 0) is 11.3 Å². The standard InChI is InChI=1S/C21H18N2O3S/c1-25-18-9-7-17(8-10-18)23(14-20-6-3-11-27-20)21(24)15-26-19-5-2-4-16(12-19)13-22/h2-12H,14-15H2,1H3. The molecule has 0 unspecified atom stereocenters. The number of nitrogens with zero attached hydrogens (tertiary/aromatic N) is 2. The molecule has 5 nitrogen and oxygen atoms in total. The van der Waals surface area contributed by atoms with Gasteiger partial charge in [-0.3, -0.25) is 4.79 Å². The van der Waals surface area contributed by atoms with Gasteiger partial charge in [-0.25, -0.2) is 0 Å². The average Bonchev–Trinajstić information content (AvgIpc) is 3.24. The molecule has 0 saturated heterocycles. The Hall–Kier alpha value is -3.30. The Morgan fingerprint density at radius 2 is 1.93 bits per heavy atom. The molecule has 0 fully saturated rings. The molecule has 0 radical (unpaired) electrons. The average molecular weight is 378 g/mol. The van der Waals surface area contributed by atoms with Gasteiger partial charge in [-0.1, -0.05) is 12.1 Å². The van der Waals surface area contributed by atoms with Gasteiger partial charge in [0.25, 0.3) is 5.91 Å². The van der Waals surface area contributed by atoms with Crippen molar-refractivity contribution in [2.24, 2.45) is 0 Å². The summed E-state index contributed by atoms with van der Waals surface area (Å²) in [6.45, 7) is 0.344. The molecule has 2 aromatic carbocycles. The van der Waals surface area contributed by atoms with Crippen LogP contribution in [0.5, 0.6) is 11.5 Å². The molecule has 6 heteroatoms. The Kier molecular flexibility index (Phi) is 6.08. The number of carbonyl (C=O) groups is 1. The molecule has 0 spiro atoms. The van der Waals surface area contributed by atoms with Crippen molar-refractivity contribution in [1.82, 2.24) is 0 Å². The second-order valence-corrected chi connectivity index (χ2v) is 6.72. The molecule has 0 atom stereocenters. The third-order valence-corrected chi connectivity index (χ3v) is 4.77. The molecule has 1 heterocycles. The first-order valence-corrected chi connectivity index (χ1v) is 9.17. The van der Waals surface area contributed by atoms with Gasteiger partial charge >= 0.3 is 0 Å². The summed E-state index contributed by atoms with van der Waals surface area (Å²) in [7, 11) is 1.60. The van der Waals surface area contributed by atoms with E-state index in [0.717, 1.165) is 16.3 Å². The number of amides is 1. The predicted octanol–water partition coefficient (Wildman–Crippen LogP) is 4.24. The lowest BCUT2D eigenvalue weighted by Crippen LogP contribution is -2.34. The third kappa shape index (κ3) is 4.87. The highest BCUT2D eigenvalue weighted by atomic mass is 32.1. The molecule has 3 aromatic rings. The second kappa shape index (κ2) is 8.88. The quantitative estimate of drug-likeness (QED) is 0.617. The van der Waals surface area contributed by atoms with Crippen molar-refractivity contribution in [2.45, 2.75) is 6.54 Å². The smallest absolute Gasteiger partial charge is 0.265 e. The van der Waals surface area contributed by atoms with Crippen molar-refractivity contribution < 1.29 is 14.3 Å². The van der Waals surface area contributed by atoms with Crippen molar-refractivity contribution in [3.63, 3.8) is 0 Å². The molecule has 27 heavy (non-hydrogen) atoms. The lowest BCUT2D eigenvalue weighted by Gasteiger charge is -2.22. The summed E-state index contributed by atoms with van der Waals surface area (Å²) in [4.78, 5) is 15.6. The van der Waals surface area contributed by atoms with Crippen molar-refractivity contribution in [3.05, 3.63) is 76.5 Å². The number of nitriles is 1. The zero-order chi connectivity index (χ0) is 19.1. The maximum Gasteiger partial charge on any atom is 0.265 e. The molecular formula is C21H18N2O3S. The number of benzene rings is 2. The molecule has 0 aliphatic heterocycles. The molecule has 3 rings (SSSR count). The fourth-order valence-corrected chi connectivity index (χ4v) is 3.22. The minimum atomic E-state index is -0.170. The SMILES string of the molecule is COc1ccc(N(Cc2cccs2)C(=O)COc2cccc(C#N)c2)cc1. The van der Waals surface area contributed by atoms with Gasteiger partial charge in [-0.2, -0.15) is 5.26 Å². The summed E-state index contributed by atoms with van der Waals surface area (Å²) in [6.07, 6.45) is 0. The predicted molar refractivity (Wildman–Crippen MR) is 105 cm³/mol. The highest BCUT2D eigenvalue weighted by Crippen LogP contribution is 2.23. The molecule has 0 N–H and O–H groups in total. The van der Waals surface area contributed by atoms with E-state index in [1.165, 1.54) is 0 Å². The zero-order valence-electron chi connectivity index (χ0n) is 14.8. The number of anilines is 1. The van der Waals surface area contributed by atoms with Crippen molar-refractivity contribution in [3.8, 4) is 17.6 Å². The van der Waals surface area contributed by atoms with E-state index in [2.05, 4.69) is 6.07 Å². The number of hydrogen-bond donors (Lipinski definition) is 0. The topological polar surface area (TPSA) is 62.6 Å². The van der Waals surface area contributed by atoms with Gasteiger partial charge in [0, 0.05) is 10.6 Å². The van der Waals surface area contributed by atoms with Crippen LogP contribution in [0.4, 0.5) is 5.69 Å². The Morgan fingerprint density at radius 1 is 1.11 bits per heavy atom. The monoisotopic (exact) mass is 378 g/mol. The van der Waals surface area contributed by atoms with E-state index >= 15 is 0 Å². The van der Waals surface area contributed by atoms with Crippen LogP contribution in [0.1, 0.15) is 10.4 Å². The van der Waals surface area contributed by atoms with Crippen LogP contribution in [0.3, 0.4) is 0 Å². The molecule has 0 bridgehead atoms. The molecular weight excluding hydrogens is 360 g/mol. The summed E-state index contributed by atoms with van der Waals surface area (Å²) < 4.78 is 10.8. The van der Waals surface area contributed by atoms with E-state index in [9.17, 15) is 4.79 Å². The largest absolute Gasteiger partial charge is 0.497 e. The summed E-state index contributed by atoms with van der Waals surface area (Å²) in [5, 5.41) is 11.0. The number of ether oxygens (including phenoxy) is 2. The number of thiophene rings is 1. The Morgan fingerprint density at radius 3 is 2.59 bits per heavy atom. The van der Waals surface area contributed by atoms with Crippen LogP contribution in [0.15, 0.2) is 66.0 Å². The second-order valence-electron chi connectivity index (χ2n) is 5.69. The first-order valence-electron chi connectivity index (χ1n) is 8.29. The van der Waals surface area contributed by atoms with Crippen LogP contribution >= 0.6 is 11.3 Å². The molecule has 1 amide bonds. The normalized spacial score (nSPS) is 10.1. The van der Waals surface area contributed by atoms with Gasteiger partial charge in [0.2, 0.25) is 0 Å². The van der Waals surface area contributed by atoms with E-state index < -0.39 is 0 Å². The molecule has 0 aliphatic rings. The van der Waals surface area contributed by atoms with Crippen LogP contribution in [0.25, 0.3) is 0 Å². The van der Waals surface area contributed by atoms with Gasteiger partial charge in [-0.05, 0) is 53.9 Å². The van der Waals surface area contributed by atoms with E-state index in [1.807, 2.05) is 41.8 Å². The Bertz CT molecular complexity index is 931. The van der Waals surface area contributed by atoms with Crippen molar-refractivity contribution >= 4 is 22.9 Å². The number of carbonyl (C=O) groups excluding carboxylic acids is 1. The summed E-state index contributed by atoms with van der Waals surface area (Å²) in [5.41, 5.74) is 1.26. The number of hydrogen-bond acceptors (Lipinski definition) is 5. The first-order chi connectivity index (χ1) is 13.2. The summed E-state index contributed by atoms with van der Waals surface area (Å²) in [6, 6.07) is 20.1. The first kappa shape index (κ1) is 18.5. The van der Waals surface area contributed by atoms with Gasteiger partial charge in [0.05, 0.1) is 25.3 Å². The Balaban J connectivity index is 1.76. The van der Waals surface area contributed by atoms with Gasteiger partial charge in [0.15, 0.2) is 6.61 Å². The summed E-state index contributed by atoms with van der Waals surface area (Å²) in [5.74, 6) is 1.05. The van der Waals surface area contributed by atoms with Crippen LogP contribution in [0, 0.1) is 11.3 Å².